The van der Waals surface area contributed by atoms with E-state index in [1.165, 1.54) is 0 Å². The van der Waals surface area contributed by atoms with Crippen LogP contribution in [0.1, 0.15) is 0 Å². The molecule has 0 aromatic heterocycles. The van der Waals surface area contributed by atoms with Crippen molar-refractivity contribution in [3.63, 3.8) is 0 Å². The predicted molar refractivity (Wildman–Crippen MR) is 21.4 cm³/mol. The second-order valence-electron chi connectivity index (χ2n) is 0. The van der Waals surface area contributed by atoms with E-state index in [4.69, 9.17) is 10.5 Å². The Morgan fingerprint density at radius 1 is 0.818 bits per heavy atom. The molecule has 11 heteroatoms. The van der Waals surface area contributed by atoms with E-state index in [-0.39, 0.29) is 75.9 Å². The molecular weight excluding hydrogens is 542 g/mol. The summed E-state index contributed by atoms with van der Waals surface area (Å²) in [6.45, 7) is 0. The van der Waals surface area contributed by atoms with Crippen molar-refractivity contribution in [3.8, 4) is 0 Å². The number of hydrogen-bond acceptors (Lipinski definition) is 3. The SMILES string of the molecule is [B]=O.[Cr+3].[Cr+3].[O-2].[O-2].[O-2].[O]=[Bi].[O]=[Sb]. The Kier molecular flexibility index (Phi) is 2250. The van der Waals surface area contributed by atoms with E-state index in [1.807, 2.05) is 0 Å². The van der Waals surface area contributed by atoms with E-state index in [0.717, 1.165) is 0 Å². The second kappa shape index (κ2) is 335. The normalized spacial score (nSPS) is 1.00. The average Bonchev–Trinajstić information content (AvgIpc) is 1.81. The van der Waals surface area contributed by atoms with Crippen LogP contribution in [0, 0.1) is 0 Å². The third kappa shape index (κ3) is 278. The zero-order valence-electron chi connectivity index (χ0n) is 4.74. The Balaban J connectivity index is -0.00000000167. The predicted octanol–water partition coefficient (Wildman–Crippen LogP) is -1.86. The fourth-order valence-electron chi connectivity index (χ4n) is 0. The third-order valence-corrected chi connectivity index (χ3v) is 0. The molecule has 0 aromatic carbocycles. The molecule has 5 radical (unpaired) electrons. The summed E-state index contributed by atoms with van der Waals surface area (Å²) in [5.74, 6) is 0. The summed E-state index contributed by atoms with van der Waals surface area (Å²) in [6, 6.07) is 0. The first kappa shape index (κ1) is 73.6. The molecule has 0 unspecified atom stereocenters. The fourth-order valence-corrected chi connectivity index (χ4v) is 0. The Morgan fingerprint density at radius 3 is 0.818 bits per heavy atom. The van der Waals surface area contributed by atoms with Crippen LogP contribution in [-0.4, -0.2) is 55.5 Å². The van der Waals surface area contributed by atoms with Crippen LogP contribution in [0.15, 0.2) is 0 Å². The van der Waals surface area contributed by atoms with Gasteiger partial charge in [0.1, 0.15) is 0 Å². The summed E-state index contributed by atoms with van der Waals surface area (Å²) in [6.07, 6.45) is 0. The van der Waals surface area contributed by atoms with Gasteiger partial charge in [-0.15, -0.1) is 0 Å². The molecule has 0 aliphatic rings. The molecular formula is BBiCr2O6Sb. The Labute approximate surface area is 116 Å². The molecule has 0 saturated heterocycles. The van der Waals surface area contributed by atoms with E-state index >= 15 is 0 Å². The summed E-state index contributed by atoms with van der Waals surface area (Å²) in [5, 5.41) is 0. The summed E-state index contributed by atoms with van der Waals surface area (Å²) in [5.41, 5.74) is 0. The molecule has 61 valence electrons. The topological polar surface area (TPSA) is 137 Å². The molecule has 0 saturated carbocycles. The first-order valence-electron chi connectivity index (χ1n) is 0.601. The van der Waals surface area contributed by atoms with Gasteiger partial charge < -0.3 is 16.4 Å². The van der Waals surface area contributed by atoms with Gasteiger partial charge in [0.15, 0.2) is 0 Å². The van der Waals surface area contributed by atoms with Crippen LogP contribution in [-0.2, 0) is 61.7 Å². The zero-order valence-corrected chi connectivity index (χ0v) is 13.3. The van der Waals surface area contributed by atoms with Gasteiger partial charge in [-0.2, -0.15) is 0 Å². The van der Waals surface area contributed by atoms with Gasteiger partial charge in [0.05, 0.1) is 0 Å². The molecule has 6 nitrogen and oxygen atoms in total. The molecule has 0 aliphatic heterocycles. The molecule has 0 heterocycles. The van der Waals surface area contributed by atoms with Gasteiger partial charge in [-0.25, -0.2) is 0 Å². The second-order valence-corrected chi connectivity index (χ2v) is 0. The van der Waals surface area contributed by atoms with Gasteiger partial charge in [0.2, 0.25) is 0 Å². The molecule has 0 aliphatic carbocycles. The first-order chi connectivity index (χ1) is 3.00. The number of hydrogen-bond donors (Lipinski definition) is 0. The van der Waals surface area contributed by atoms with Crippen LogP contribution >= 0.6 is 0 Å². The van der Waals surface area contributed by atoms with Crippen LogP contribution in [0.25, 0.3) is 0 Å². The molecule has 0 aromatic rings. The van der Waals surface area contributed by atoms with E-state index < -0.39 is 0 Å². The van der Waals surface area contributed by atoms with Gasteiger partial charge in [-0.3, -0.25) is 0 Å². The third-order valence-electron chi connectivity index (χ3n) is 0. The molecule has 0 amide bonds. The van der Waals surface area contributed by atoms with E-state index in [1.54, 1.807) is 0 Å². The van der Waals surface area contributed by atoms with Crippen LogP contribution in [0.3, 0.4) is 0 Å². The van der Waals surface area contributed by atoms with Crippen LogP contribution in [0.2, 0.25) is 0 Å². The van der Waals surface area contributed by atoms with Crippen molar-refractivity contribution in [2.45, 2.75) is 0 Å². The van der Waals surface area contributed by atoms with E-state index in [9.17, 15) is 0 Å². The molecule has 0 N–H and O–H groups in total. The molecule has 0 bridgehead atoms. The van der Waals surface area contributed by atoms with Crippen LogP contribution in [0.4, 0.5) is 0 Å². The van der Waals surface area contributed by atoms with Gasteiger partial charge >= 0.3 is 101 Å². The van der Waals surface area contributed by atoms with Crippen molar-refractivity contribution in [2.75, 3.05) is 0 Å². The van der Waals surface area contributed by atoms with Crippen molar-refractivity contribution < 1.29 is 61.7 Å². The summed E-state index contributed by atoms with van der Waals surface area (Å²) >= 11 is 0.694. The van der Waals surface area contributed by atoms with Crippen molar-refractivity contribution in [1.29, 1.82) is 0 Å². The summed E-state index contributed by atoms with van der Waals surface area (Å²) in [7, 11) is 3.25. The van der Waals surface area contributed by atoms with Crippen LogP contribution < -0.4 is 0 Å². The molecule has 11 heavy (non-hydrogen) atoms. The first-order valence-corrected chi connectivity index (χ1v) is 3.06. The summed E-state index contributed by atoms with van der Waals surface area (Å²) in [4.78, 5) is 0. The van der Waals surface area contributed by atoms with Crippen molar-refractivity contribution in [2.24, 2.45) is 0 Å². The molecule has 0 atom stereocenters. The Hall–Kier alpha value is 2.11. The van der Waals surface area contributed by atoms with Gasteiger partial charge in [0, 0.05) is 0 Å². The Bertz CT molecular complexity index is 25.3. The van der Waals surface area contributed by atoms with Crippen molar-refractivity contribution >= 4 is 55.5 Å². The van der Waals surface area contributed by atoms with Crippen molar-refractivity contribution in [1.82, 2.24) is 0 Å². The Morgan fingerprint density at radius 2 is 0.818 bits per heavy atom. The fraction of sp³-hybridized carbons (Fsp3) is 0. The zero-order chi connectivity index (χ0) is 6.00. The van der Waals surface area contributed by atoms with E-state index in [0.29, 0.717) is 23.0 Å². The van der Waals surface area contributed by atoms with Gasteiger partial charge in [-0.1, -0.05) is 0 Å². The maximum atomic E-state index is 8.36. The van der Waals surface area contributed by atoms with Crippen molar-refractivity contribution in [3.05, 3.63) is 0 Å². The van der Waals surface area contributed by atoms with Gasteiger partial charge in [-0.05, 0) is 0 Å². The quantitative estimate of drug-likeness (QED) is 0.333. The standard InChI is InChI=1S/BO.Bi.2Cr.5O.Sb/c1-2;;;;;;;;;/q;;2*+3;;;3*-2;. The minimum atomic E-state index is 0. The van der Waals surface area contributed by atoms with Crippen LogP contribution in [0.5, 0.6) is 0 Å². The molecule has 0 fully saturated rings. The maximum absolute atomic E-state index is 8.36. The van der Waals surface area contributed by atoms with Gasteiger partial charge in [0.25, 0.3) is 0 Å². The average molecular weight is 542 g/mol. The monoisotopic (exact) mass is 541 g/mol. The van der Waals surface area contributed by atoms with E-state index in [2.05, 4.69) is 7.72 Å². The molecule has 0 spiro atoms. The minimum absolute atomic E-state index is 0. The number of rotatable bonds is 0. The molecule has 0 rings (SSSR count). The summed E-state index contributed by atoms with van der Waals surface area (Å²) < 4.78 is 24.4.